The second-order valence-corrected chi connectivity index (χ2v) is 21.5. The van der Waals surface area contributed by atoms with Crippen LogP contribution in [-0.2, 0) is 0 Å². The fourth-order valence-corrected chi connectivity index (χ4v) is 13.2. The average Bonchev–Trinajstić information content (AvgIpc) is 3.28. The number of rotatable bonds is 3. The Kier molecular flexibility index (Phi) is 12.3. The van der Waals surface area contributed by atoms with Crippen LogP contribution in [0.3, 0.4) is 0 Å². The molecule has 0 aromatic heterocycles. The first-order valence-corrected chi connectivity index (χ1v) is 24.8. The van der Waals surface area contributed by atoms with Crippen molar-refractivity contribution in [2.45, 2.75) is 0 Å². The maximum atomic E-state index is 2.48. The van der Waals surface area contributed by atoms with Gasteiger partial charge in [-0.25, -0.2) is 0 Å². The molecule has 0 aliphatic heterocycles. The second-order valence-electron chi connectivity index (χ2n) is 21.5. The molecule has 0 radical (unpaired) electrons. The molecule has 8 aromatic carbocycles. The van der Waals surface area contributed by atoms with E-state index in [1.807, 2.05) is 0 Å². The van der Waals surface area contributed by atoms with Crippen LogP contribution in [-0.4, -0.2) is 204 Å². The lowest BCUT2D eigenvalue weighted by atomic mass is 9.55. The minimum atomic E-state index is 1.39. The molecule has 8 aromatic rings. The van der Waals surface area contributed by atoms with Crippen LogP contribution >= 0.6 is 0 Å². The van der Waals surface area contributed by atoms with Crippen LogP contribution in [0.15, 0.2) is 0 Å². The normalized spacial score (nSPS) is 11.7. The summed E-state index contributed by atoms with van der Waals surface area (Å²) in [5.41, 5.74) is 45.1. The second kappa shape index (κ2) is 16.6. The summed E-state index contributed by atoms with van der Waals surface area (Å²) < 4.78 is 0. The third kappa shape index (κ3) is 6.29. The predicted octanol–water partition coefficient (Wildman–Crippen LogP) is -34.0. The third-order valence-corrected chi connectivity index (χ3v) is 19.4. The zero-order valence-corrected chi connectivity index (χ0v) is 46.0. The van der Waals surface area contributed by atoms with Gasteiger partial charge in [0, 0.05) is 0 Å². The Hall–Kier alpha value is -3.51. The zero-order valence-electron chi connectivity index (χ0n) is 46.0. The van der Waals surface area contributed by atoms with Crippen LogP contribution in [0.2, 0.25) is 0 Å². The molecule has 8 rings (SSSR count). The van der Waals surface area contributed by atoms with Gasteiger partial charge in [0.25, 0.3) is 0 Å². The van der Waals surface area contributed by atoms with E-state index in [2.05, 4.69) is 204 Å². The Morgan fingerprint density at radius 3 is 0.485 bits per heavy atom. The minimum absolute atomic E-state index is 1.39. The van der Waals surface area contributed by atoms with Crippen LogP contribution in [0.1, 0.15) is 0 Å². The molecule has 0 saturated heterocycles. The van der Waals surface area contributed by atoms with Gasteiger partial charge in [-0.05, 0) is 76.5 Å². The largest absolute Gasteiger partial charge is 0.140 e. The van der Waals surface area contributed by atoms with E-state index in [0.29, 0.717) is 0 Å². The average molecular weight is 814 g/mol. The summed E-state index contributed by atoms with van der Waals surface area (Å²) in [4.78, 5) is 0. The minimum Gasteiger partial charge on any atom is -0.101 e. The zero-order chi connectivity index (χ0) is 49.1. The van der Waals surface area contributed by atoms with E-state index in [-0.39, 0.29) is 0 Å². The molecule has 66 heavy (non-hydrogen) atoms. The molecule has 0 amide bonds. The lowest BCUT2D eigenvalue weighted by Crippen LogP contribution is -2.54. The van der Waals surface area contributed by atoms with Crippen molar-refractivity contribution in [2.24, 2.45) is 0 Å². The van der Waals surface area contributed by atoms with E-state index >= 15 is 0 Å². The van der Waals surface area contributed by atoms with Crippen molar-refractivity contribution in [1.29, 1.82) is 0 Å². The van der Waals surface area contributed by atoms with E-state index < -0.39 is 0 Å². The highest BCUT2D eigenvalue weighted by Crippen LogP contribution is 2.41. The van der Waals surface area contributed by atoms with Crippen LogP contribution in [0, 0.1) is 0 Å². The molecule has 0 spiro atoms. The molecule has 0 aliphatic carbocycles. The molecule has 0 bridgehead atoms. The quantitative estimate of drug-likeness (QED) is 0.123. The fourth-order valence-electron chi connectivity index (χ4n) is 13.2. The van der Waals surface area contributed by atoms with Crippen molar-refractivity contribution in [3.05, 3.63) is 0 Å². The van der Waals surface area contributed by atoms with Gasteiger partial charge in [-0.15, -0.1) is 60.1 Å². The van der Waals surface area contributed by atoms with E-state index in [0.717, 1.165) is 0 Å². The van der Waals surface area contributed by atoms with E-state index in [9.17, 15) is 0 Å². The van der Waals surface area contributed by atoms with Crippen molar-refractivity contribution in [2.75, 3.05) is 0 Å². The highest BCUT2D eigenvalue weighted by molar-refractivity contribution is 6.77. The molecule has 0 N–H and O–H groups in total. The van der Waals surface area contributed by atoms with Gasteiger partial charge in [-0.2, -0.15) is 0 Å². The summed E-state index contributed by atoms with van der Waals surface area (Å²) in [5, 5.41) is 11.5. The van der Waals surface area contributed by atoms with Crippen molar-refractivity contribution >= 4 is 389 Å². The molecule has 0 aliphatic rings. The van der Waals surface area contributed by atoms with E-state index in [1.54, 1.807) is 0 Å². The summed E-state index contributed by atoms with van der Waals surface area (Å²) in [6, 6.07) is 0. The topological polar surface area (TPSA) is 0 Å². The fraction of sp³-hybridized carbons (Fsp3) is 0. The van der Waals surface area contributed by atoms with E-state index in [1.165, 1.54) is 219 Å². The maximum absolute atomic E-state index is 2.48. The first-order chi connectivity index (χ1) is 30.7. The number of hydrogen-bond donors (Lipinski definition) is 0. The molecular weight excluding hydrogens is 762 g/mol. The Bertz CT molecular complexity index is 3550. The summed E-state index contributed by atoms with van der Waals surface area (Å²) >= 11 is 0. The van der Waals surface area contributed by atoms with Crippen LogP contribution < -0.4 is 142 Å². The lowest BCUT2D eigenvalue weighted by Gasteiger charge is -2.33. The van der Waals surface area contributed by atoms with Gasteiger partial charge >= 0.3 is 0 Å². The third-order valence-electron chi connectivity index (χ3n) is 19.4. The summed E-state index contributed by atoms with van der Waals surface area (Å²) in [6.07, 6.45) is 0. The lowest BCUT2D eigenvalue weighted by molar-refractivity contribution is 1.83. The molecule has 26 heteroatoms. The molecule has 0 fully saturated rings. The highest BCUT2D eigenvalue weighted by atomic mass is 14.3. The van der Waals surface area contributed by atoms with Crippen molar-refractivity contribution in [3.63, 3.8) is 0 Å². The molecule has 0 nitrogen and oxygen atoms in total. The Labute approximate surface area is 419 Å². The Balaban J connectivity index is 1.77. The van der Waals surface area contributed by atoms with Crippen LogP contribution in [0.25, 0.3) is 76.5 Å². The predicted molar refractivity (Wildman–Crippen MR) is 385 cm³/mol. The summed E-state index contributed by atoms with van der Waals surface area (Å²) in [5.74, 6) is 0. The number of fused-ring (bicyclic) bond motifs is 4. The van der Waals surface area contributed by atoms with Gasteiger partial charge in [-0.3, -0.25) is 0 Å². The maximum Gasteiger partial charge on any atom is 0.140 e. The van der Waals surface area contributed by atoms with Crippen molar-refractivity contribution in [1.82, 2.24) is 0 Å². The highest BCUT2D eigenvalue weighted by Gasteiger charge is 2.31. The Morgan fingerprint density at radius 1 is 0.0909 bits per heavy atom. The van der Waals surface area contributed by atoms with Crippen molar-refractivity contribution < 1.29 is 0 Å². The van der Waals surface area contributed by atoms with Gasteiger partial charge in [0.1, 0.15) is 204 Å². The van der Waals surface area contributed by atoms with Crippen LogP contribution in [0.5, 0.6) is 0 Å². The molecule has 0 unspecified atom stereocenters. The van der Waals surface area contributed by atoms with E-state index in [4.69, 9.17) is 0 Å². The number of hydrogen-bond acceptors (Lipinski definition) is 0. The monoisotopic (exact) mass is 819 g/mol. The first kappa shape index (κ1) is 48.9. The standard InChI is InChI=1S/C40H52B26/c41-15-11(24(50)32(58)25(51)12(15)9-10-14(27(53)31(57)21(9)47)29(55)40(66)38(64)23(10)49)2-6-3(17(43)33(59)35(61)19(6)45)1(4-7(2)20(46)36(62)34(60)18(4)44)5-8-13(26(52)30(56)16(5)42)28(54)39(65)37(63)22(8)48/h41-66H2. The molecule has 290 valence electrons. The molecular formula is C40H52B26. The summed E-state index contributed by atoms with van der Waals surface area (Å²) in [7, 11) is 62.1. The van der Waals surface area contributed by atoms with Gasteiger partial charge in [-0.1, -0.05) is 81.9 Å². The molecule has 0 heterocycles. The number of benzene rings is 8. The smallest absolute Gasteiger partial charge is 0.101 e. The first-order valence-electron chi connectivity index (χ1n) is 24.8. The molecule has 0 atom stereocenters. The van der Waals surface area contributed by atoms with Crippen molar-refractivity contribution in [3.8, 4) is 33.4 Å². The van der Waals surface area contributed by atoms with Gasteiger partial charge in [0.15, 0.2) is 0 Å². The van der Waals surface area contributed by atoms with Gasteiger partial charge in [0.2, 0.25) is 0 Å². The van der Waals surface area contributed by atoms with Crippen LogP contribution in [0.4, 0.5) is 0 Å². The molecule has 0 saturated carbocycles. The van der Waals surface area contributed by atoms with Gasteiger partial charge in [0.05, 0.1) is 0 Å². The summed E-state index contributed by atoms with van der Waals surface area (Å²) in [6.45, 7) is 0. The Morgan fingerprint density at radius 2 is 0.227 bits per heavy atom. The van der Waals surface area contributed by atoms with Gasteiger partial charge < -0.3 is 0 Å². The SMILES string of the molecule is Bc1c(B)c(-c2c(B)c(B)c(B)c3c(B)c(B)c(B)c(B)c23)c(B)c(-c2c3c(B)c(B)c(B)c(B)c3c(-c3c(B)c(B)c(B)c4c(B)c(B)c(B)c(B)c34)c3c(B)c(B)c(B)c(B)c23)c1B.